The first kappa shape index (κ1) is 16.7. The van der Waals surface area contributed by atoms with Gasteiger partial charge in [0.25, 0.3) is 0 Å². The minimum absolute atomic E-state index is 0.770. The van der Waals surface area contributed by atoms with Crippen LogP contribution in [-0.4, -0.2) is 48.5 Å². The van der Waals surface area contributed by atoms with Gasteiger partial charge in [0, 0.05) is 38.3 Å². The first-order valence-corrected chi connectivity index (χ1v) is 7.66. The fourth-order valence-corrected chi connectivity index (χ4v) is 2.55. The van der Waals surface area contributed by atoms with Crippen molar-refractivity contribution in [1.29, 1.82) is 0 Å². The van der Waals surface area contributed by atoms with Crippen molar-refractivity contribution in [3.8, 4) is 11.4 Å². The van der Waals surface area contributed by atoms with Gasteiger partial charge in [0.2, 0.25) is 0 Å². The quantitative estimate of drug-likeness (QED) is 0.553. The summed E-state index contributed by atoms with van der Waals surface area (Å²) in [5.41, 5.74) is 1.03. The summed E-state index contributed by atoms with van der Waals surface area (Å²) < 4.78 is 15.1. The molecule has 0 saturated carbocycles. The van der Waals surface area contributed by atoms with Gasteiger partial charge in [-0.05, 0) is 50.0 Å². The molecule has 0 radical (unpaired) electrons. The molecule has 0 amide bonds. The summed E-state index contributed by atoms with van der Waals surface area (Å²) in [7, 11) is 5.48. The molecule has 2 aromatic rings. The van der Waals surface area contributed by atoms with E-state index in [2.05, 4.69) is 16.5 Å². The van der Waals surface area contributed by atoms with Crippen molar-refractivity contribution in [3.63, 3.8) is 0 Å². The van der Waals surface area contributed by atoms with Crippen molar-refractivity contribution in [2.45, 2.75) is 13.1 Å². The molecule has 0 saturated heterocycles. The van der Waals surface area contributed by atoms with Crippen LogP contribution in [0.5, 0.6) is 5.75 Å². The third kappa shape index (κ3) is 4.19. The van der Waals surface area contributed by atoms with Gasteiger partial charge >= 0.3 is 0 Å². The molecule has 0 atom stereocenters. The van der Waals surface area contributed by atoms with Crippen molar-refractivity contribution < 1.29 is 9.47 Å². The Kier molecular flexibility index (Phi) is 6.18. The van der Waals surface area contributed by atoms with Gasteiger partial charge < -0.3 is 14.0 Å². The Morgan fingerprint density at radius 1 is 1.14 bits per heavy atom. The molecular formula is C16H23N3O2S. The van der Waals surface area contributed by atoms with E-state index in [0.717, 1.165) is 42.4 Å². The van der Waals surface area contributed by atoms with Gasteiger partial charge in [-0.2, -0.15) is 0 Å². The third-order valence-electron chi connectivity index (χ3n) is 3.48. The van der Waals surface area contributed by atoms with Crippen molar-refractivity contribution in [2.24, 2.45) is 0 Å². The van der Waals surface area contributed by atoms with Crippen LogP contribution in [0.4, 0.5) is 0 Å². The van der Waals surface area contributed by atoms with Gasteiger partial charge in [-0.15, -0.1) is 0 Å². The van der Waals surface area contributed by atoms with Gasteiger partial charge in [-0.1, -0.05) is 0 Å². The summed E-state index contributed by atoms with van der Waals surface area (Å²) in [5.74, 6) is 0.840. The van der Waals surface area contributed by atoms with Crippen LogP contribution in [0.1, 0.15) is 6.42 Å². The first-order chi connectivity index (χ1) is 10.7. The zero-order chi connectivity index (χ0) is 15.9. The lowest BCUT2D eigenvalue weighted by Gasteiger charge is -2.17. The number of benzene rings is 1. The molecule has 0 spiro atoms. The third-order valence-corrected chi connectivity index (χ3v) is 3.91. The molecule has 22 heavy (non-hydrogen) atoms. The highest BCUT2D eigenvalue weighted by atomic mass is 32.1. The average Bonchev–Trinajstić information content (AvgIpc) is 2.89. The molecule has 0 N–H and O–H groups in total. The average molecular weight is 321 g/mol. The Bertz CT molecular complexity index is 634. The molecular weight excluding hydrogens is 298 g/mol. The topological polar surface area (TPSA) is 31.6 Å². The second-order valence-electron chi connectivity index (χ2n) is 5.19. The number of ether oxygens (including phenoxy) is 2. The van der Waals surface area contributed by atoms with E-state index in [4.69, 9.17) is 21.7 Å². The molecule has 0 unspecified atom stereocenters. The maximum Gasteiger partial charge on any atom is 0.185 e. The number of rotatable bonds is 8. The fraction of sp³-hybridized carbons (Fsp3) is 0.438. The fourth-order valence-electron chi connectivity index (χ4n) is 2.27. The number of imidazole rings is 1. The van der Waals surface area contributed by atoms with Crippen molar-refractivity contribution in [1.82, 2.24) is 14.0 Å². The number of nitrogens with zero attached hydrogens (tertiary/aromatic N) is 3. The van der Waals surface area contributed by atoms with Crippen molar-refractivity contribution in [2.75, 3.05) is 34.4 Å². The lowest BCUT2D eigenvalue weighted by Crippen LogP contribution is -2.23. The SMILES string of the molecule is COCCCN(C)Cn1ccn(-c2ccc(OC)cc2)c1=S. The first-order valence-electron chi connectivity index (χ1n) is 7.25. The Morgan fingerprint density at radius 2 is 1.86 bits per heavy atom. The number of methoxy groups -OCH3 is 2. The van der Waals surface area contributed by atoms with Crippen LogP contribution in [-0.2, 0) is 11.4 Å². The van der Waals surface area contributed by atoms with Gasteiger partial charge in [-0.25, -0.2) is 0 Å². The molecule has 1 heterocycles. The van der Waals surface area contributed by atoms with Crippen LogP contribution < -0.4 is 4.74 Å². The van der Waals surface area contributed by atoms with Crippen LogP contribution in [0.15, 0.2) is 36.7 Å². The summed E-state index contributed by atoms with van der Waals surface area (Å²) in [6.07, 6.45) is 5.02. The Morgan fingerprint density at radius 3 is 2.50 bits per heavy atom. The monoisotopic (exact) mass is 321 g/mol. The minimum atomic E-state index is 0.770. The molecule has 0 fully saturated rings. The number of aromatic nitrogens is 2. The highest BCUT2D eigenvalue weighted by Gasteiger charge is 2.05. The van der Waals surface area contributed by atoms with Crippen LogP contribution in [0.3, 0.4) is 0 Å². The van der Waals surface area contributed by atoms with Gasteiger partial charge in [0.1, 0.15) is 5.75 Å². The second kappa shape index (κ2) is 8.12. The predicted octanol–water partition coefficient (Wildman–Crippen LogP) is 2.94. The predicted molar refractivity (Wildman–Crippen MR) is 90.3 cm³/mol. The maximum absolute atomic E-state index is 5.57. The summed E-state index contributed by atoms with van der Waals surface area (Å²) >= 11 is 5.57. The van der Waals surface area contributed by atoms with Gasteiger partial charge in [0.05, 0.1) is 13.8 Å². The molecule has 6 heteroatoms. The largest absolute Gasteiger partial charge is 0.497 e. The Hall–Kier alpha value is -1.63. The van der Waals surface area contributed by atoms with Gasteiger partial charge in [0.15, 0.2) is 4.77 Å². The van der Waals surface area contributed by atoms with E-state index in [1.54, 1.807) is 14.2 Å². The van der Waals surface area contributed by atoms with Crippen LogP contribution in [0.25, 0.3) is 5.69 Å². The smallest absolute Gasteiger partial charge is 0.185 e. The van der Waals surface area contributed by atoms with Crippen molar-refractivity contribution >= 4 is 12.2 Å². The minimum Gasteiger partial charge on any atom is -0.497 e. The van der Waals surface area contributed by atoms with Gasteiger partial charge in [-0.3, -0.25) is 9.47 Å². The van der Waals surface area contributed by atoms with Crippen LogP contribution in [0, 0.1) is 4.77 Å². The normalized spacial score (nSPS) is 11.1. The Labute approximate surface area is 136 Å². The van der Waals surface area contributed by atoms with E-state index in [1.165, 1.54) is 0 Å². The van der Waals surface area contributed by atoms with E-state index in [-0.39, 0.29) is 0 Å². The molecule has 0 aliphatic rings. The summed E-state index contributed by atoms with van der Waals surface area (Å²) in [6, 6.07) is 7.87. The zero-order valence-electron chi connectivity index (χ0n) is 13.4. The molecule has 2 rings (SSSR count). The maximum atomic E-state index is 5.57. The highest BCUT2D eigenvalue weighted by molar-refractivity contribution is 7.71. The highest BCUT2D eigenvalue weighted by Crippen LogP contribution is 2.16. The summed E-state index contributed by atoms with van der Waals surface area (Å²) in [5, 5.41) is 0. The number of hydrogen-bond donors (Lipinski definition) is 0. The summed E-state index contributed by atoms with van der Waals surface area (Å²) in [4.78, 5) is 2.23. The lowest BCUT2D eigenvalue weighted by molar-refractivity contribution is 0.170. The van der Waals surface area contributed by atoms with E-state index in [9.17, 15) is 0 Å². The van der Waals surface area contributed by atoms with E-state index in [1.807, 2.05) is 41.2 Å². The van der Waals surface area contributed by atoms with Crippen molar-refractivity contribution in [3.05, 3.63) is 41.4 Å². The number of hydrogen-bond acceptors (Lipinski definition) is 4. The Balaban J connectivity index is 2.06. The van der Waals surface area contributed by atoms with Crippen LogP contribution in [0.2, 0.25) is 0 Å². The second-order valence-corrected chi connectivity index (χ2v) is 5.55. The molecule has 1 aromatic heterocycles. The van der Waals surface area contributed by atoms with E-state index in [0.29, 0.717) is 0 Å². The standard InChI is InChI=1S/C16H23N3O2S/c1-17(9-4-12-20-2)13-18-10-11-19(16(18)22)14-5-7-15(21-3)8-6-14/h5-8,10-11H,4,9,12-13H2,1-3H3. The lowest BCUT2D eigenvalue weighted by atomic mass is 10.3. The van der Waals surface area contributed by atoms with E-state index < -0.39 is 0 Å². The zero-order valence-corrected chi connectivity index (χ0v) is 14.2. The van der Waals surface area contributed by atoms with Crippen LogP contribution >= 0.6 is 12.2 Å². The molecule has 120 valence electrons. The summed E-state index contributed by atoms with van der Waals surface area (Å²) in [6.45, 7) is 2.53. The molecule has 0 aliphatic carbocycles. The molecule has 5 nitrogen and oxygen atoms in total. The molecule has 0 bridgehead atoms. The molecule has 0 aliphatic heterocycles. The van der Waals surface area contributed by atoms with E-state index >= 15 is 0 Å². The molecule has 1 aromatic carbocycles.